The first kappa shape index (κ1) is 15.4. The van der Waals surface area contributed by atoms with E-state index in [1.807, 2.05) is 0 Å². The summed E-state index contributed by atoms with van der Waals surface area (Å²) in [4.78, 5) is 16.5. The van der Waals surface area contributed by atoms with E-state index in [-0.39, 0.29) is 17.8 Å². The lowest BCUT2D eigenvalue weighted by Gasteiger charge is -2.48. The van der Waals surface area contributed by atoms with Crippen LogP contribution in [0, 0.1) is 11.7 Å². The summed E-state index contributed by atoms with van der Waals surface area (Å²) in [5, 5.41) is 9.53. The van der Waals surface area contributed by atoms with Crippen LogP contribution in [0.5, 0.6) is 0 Å². The number of amides is 1. The molecular formula is C17H23FN2O2. The van der Waals surface area contributed by atoms with Crippen molar-refractivity contribution in [1.82, 2.24) is 9.80 Å². The van der Waals surface area contributed by atoms with Crippen molar-refractivity contribution in [3.63, 3.8) is 0 Å². The molecule has 0 aromatic heterocycles. The van der Waals surface area contributed by atoms with E-state index in [0.717, 1.165) is 0 Å². The number of aliphatic hydroxyl groups excluding tert-OH is 1. The third kappa shape index (κ3) is 3.15. The Morgan fingerprint density at radius 2 is 2.00 bits per heavy atom. The SMILES string of the molecule is CN(CC(C1CCC1)N1CC(O)C1)C(=O)c1ccc(F)cc1. The number of β-amino-alcohol motifs (C(OH)–C–C–N with tert-alkyl or cyclic N) is 1. The molecule has 1 aromatic rings. The van der Waals surface area contributed by atoms with Crippen LogP contribution in [-0.2, 0) is 0 Å². The Kier molecular flexibility index (Phi) is 4.45. The van der Waals surface area contributed by atoms with Crippen LogP contribution in [0.3, 0.4) is 0 Å². The number of halogens is 1. The van der Waals surface area contributed by atoms with Crippen LogP contribution >= 0.6 is 0 Å². The molecule has 120 valence electrons. The zero-order valence-electron chi connectivity index (χ0n) is 12.9. The molecule has 1 atom stereocenters. The van der Waals surface area contributed by atoms with Crippen LogP contribution < -0.4 is 0 Å². The van der Waals surface area contributed by atoms with Crippen molar-refractivity contribution in [2.45, 2.75) is 31.4 Å². The van der Waals surface area contributed by atoms with Crippen molar-refractivity contribution in [3.8, 4) is 0 Å². The van der Waals surface area contributed by atoms with Crippen molar-refractivity contribution >= 4 is 5.91 Å². The van der Waals surface area contributed by atoms with E-state index in [2.05, 4.69) is 4.90 Å². The third-order valence-electron chi connectivity index (χ3n) is 4.95. The minimum atomic E-state index is -0.332. The van der Waals surface area contributed by atoms with Gasteiger partial charge in [-0.15, -0.1) is 0 Å². The van der Waals surface area contributed by atoms with Gasteiger partial charge in [0.2, 0.25) is 0 Å². The number of aliphatic hydroxyl groups is 1. The number of likely N-dealkylation sites (N-methyl/N-ethyl adjacent to an activating group) is 1. The van der Waals surface area contributed by atoms with Crippen LogP contribution in [0.2, 0.25) is 0 Å². The lowest BCUT2D eigenvalue weighted by atomic mass is 9.78. The molecule has 1 saturated heterocycles. The Morgan fingerprint density at radius 1 is 1.36 bits per heavy atom. The number of hydrogen-bond acceptors (Lipinski definition) is 3. The van der Waals surface area contributed by atoms with Crippen molar-refractivity contribution in [1.29, 1.82) is 0 Å². The quantitative estimate of drug-likeness (QED) is 0.901. The number of carbonyl (C=O) groups excluding carboxylic acids is 1. The maximum Gasteiger partial charge on any atom is 0.253 e. The van der Waals surface area contributed by atoms with Gasteiger partial charge in [0.15, 0.2) is 0 Å². The highest BCUT2D eigenvalue weighted by Gasteiger charge is 2.38. The Balaban J connectivity index is 1.63. The zero-order chi connectivity index (χ0) is 15.7. The minimum absolute atomic E-state index is 0.0783. The molecule has 22 heavy (non-hydrogen) atoms. The van der Waals surface area contributed by atoms with Crippen molar-refractivity contribution < 1.29 is 14.3 Å². The minimum Gasteiger partial charge on any atom is -0.390 e. The second kappa shape index (κ2) is 6.34. The van der Waals surface area contributed by atoms with Crippen molar-refractivity contribution in [2.24, 2.45) is 5.92 Å². The van der Waals surface area contributed by atoms with Gasteiger partial charge in [-0.3, -0.25) is 9.69 Å². The molecular weight excluding hydrogens is 283 g/mol. The van der Waals surface area contributed by atoms with E-state index < -0.39 is 0 Å². The van der Waals surface area contributed by atoms with Gasteiger partial charge in [0.25, 0.3) is 5.91 Å². The molecule has 1 saturated carbocycles. The Bertz CT molecular complexity index is 524. The van der Waals surface area contributed by atoms with Gasteiger partial charge in [0.05, 0.1) is 6.10 Å². The highest BCUT2D eigenvalue weighted by molar-refractivity contribution is 5.94. The number of rotatable bonds is 5. The van der Waals surface area contributed by atoms with Gasteiger partial charge in [0, 0.05) is 38.3 Å². The molecule has 1 aromatic carbocycles. The summed E-state index contributed by atoms with van der Waals surface area (Å²) in [6, 6.07) is 6.01. The number of benzene rings is 1. The molecule has 3 rings (SSSR count). The predicted molar refractivity (Wildman–Crippen MR) is 82.1 cm³/mol. The molecule has 1 aliphatic carbocycles. The van der Waals surface area contributed by atoms with Crippen LogP contribution in [0.1, 0.15) is 29.6 Å². The second-order valence-corrected chi connectivity index (χ2v) is 6.56. The molecule has 4 nitrogen and oxygen atoms in total. The molecule has 1 N–H and O–H groups in total. The largest absolute Gasteiger partial charge is 0.390 e. The number of hydrogen-bond donors (Lipinski definition) is 1. The van der Waals surface area contributed by atoms with E-state index in [0.29, 0.717) is 37.2 Å². The zero-order valence-corrected chi connectivity index (χ0v) is 12.9. The second-order valence-electron chi connectivity index (χ2n) is 6.56. The molecule has 0 spiro atoms. The summed E-state index contributed by atoms with van der Waals surface area (Å²) in [6.07, 6.45) is 3.44. The van der Waals surface area contributed by atoms with Crippen LogP contribution in [-0.4, -0.2) is 59.6 Å². The van der Waals surface area contributed by atoms with E-state index >= 15 is 0 Å². The third-order valence-corrected chi connectivity index (χ3v) is 4.95. The highest BCUT2D eigenvalue weighted by Crippen LogP contribution is 2.34. The molecule has 1 heterocycles. The molecule has 2 aliphatic rings. The van der Waals surface area contributed by atoms with Crippen LogP contribution in [0.4, 0.5) is 4.39 Å². The van der Waals surface area contributed by atoms with Crippen molar-refractivity contribution in [2.75, 3.05) is 26.7 Å². The van der Waals surface area contributed by atoms with E-state index in [1.165, 1.54) is 43.5 Å². The fourth-order valence-corrected chi connectivity index (χ4v) is 3.32. The van der Waals surface area contributed by atoms with Gasteiger partial charge in [-0.1, -0.05) is 6.42 Å². The van der Waals surface area contributed by atoms with Crippen LogP contribution in [0.25, 0.3) is 0 Å². The van der Waals surface area contributed by atoms with Gasteiger partial charge >= 0.3 is 0 Å². The van der Waals surface area contributed by atoms with Gasteiger partial charge in [-0.25, -0.2) is 4.39 Å². The standard InChI is InChI=1S/C17H23FN2O2/c1-19(17(22)13-5-7-14(18)8-6-13)11-16(12-3-2-4-12)20-9-15(21)10-20/h5-8,12,15-16,21H,2-4,9-11H2,1H3. The van der Waals surface area contributed by atoms with E-state index in [1.54, 1.807) is 11.9 Å². The topological polar surface area (TPSA) is 43.8 Å². The smallest absolute Gasteiger partial charge is 0.253 e. The predicted octanol–water partition coefficient (Wildman–Crippen LogP) is 1.74. The Labute approximate surface area is 130 Å². The number of nitrogens with zero attached hydrogens (tertiary/aromatic N) is 2. The molecule has 1 amide bonds. The van der Waals surface area contributed by atoms with Gasteiger partial charge < -0.3 is 10.0 Å². The summed E-state index contributed by atoms with van der Waals surface area (Å²) in [7, 11) is 1.80. The van der Waals surface area contributed by atoms with Crippen LogP contribution in [0.15, 0.2) is 24.3 Å². The molecule has 1 aliphatic heterocycles. The first-order valence-corrected chi connectivity index (χ1v) is 7.97. The van der Waals surface area contributed by atoms with Gasteiger partial charge in [0.1, 0.15) is 5.82 Å². The number of likely N-dealkylation sites (tertiary alicyclic amines) is 1. The maximum absolute atomic E-state index is 13.0. The first-order chi connectivity index (χ1) is 10.5. The molecule has 0 bridgehead atoms. The monoisotopic (exact) mass is 306 g/mol. The average molecular weight is 306 g/mol. The van der Waals surface area contributed by atoms with Gasteiger partial charge in [-0.2, -0.15) is 0 Å². The number of carbonyl (C=O) groups is 1. The summed E-state index contributed by atoms with van der Waals surface area (Å²) in [5.41, 5.74) is 0.514. The summed E-state index contributed by atoms with van der Waals surface area (Å²) < 4.78 is 13.0. The fraction of sp³-hybridized carbons (Fsp3) is 0.588. The lowest BCUT2D eigenvalue weighted by molar-refractivity contribution is -0.0555. The molecule has 2 fully saturated rings. The normalized spacial score (nSPS) is 21.0. The fourth-order valence-electron chi connectivity index (χ4n) is 3.32. The van der Waals surface area contributed by atoms with Gasteiger partial charge in [-0.05, 0) is 43.0 Å². The summed E-state index contributed by atoms with van der Waals surface area (Å²) in [5.74, 6) is 0.211. The van der Waals surface area contributed by atoms with E-state index in [9.17, 15) is 14.3 Å². The Morgan fingerprint density at radius 3 is 2.50 bits per heavy atom. The lowest BCUT2D eigenvalue weighted by Crippen LogP contribution is -2.61. The highest BCUT2D eigenvalue weighted by atomic mass is 19.1. The maximum atomic E-state index is 13.0. The average Bonchev–Trinajstić information content (AvgIpc) is 2.41. The Hall–Kier alpha value is -1.46. The van der Waals surface area contributed by atoms with Crippen molar-refractivity contribution in [3.05, 3.63) is 35.6 Å². The molecule has 1 unspecified atom stereocenters. The first-order valence-electron chi connectivity index (χ1n) is 7.97. The summed E-state index contributed by atoms with van der Waals surface area (Å²) in [6.45, 7) is 2.08. The van der Waals surface area contributed by atoms with E-state index in [4.69, 9.17) is 0 Å². The molecule has 5 heteroatoms. The summed E-state index contributed by atoms with van der Waals surface area (Å²) >= 11 is 0. The molecule has 0 radical (unpaired) electrons.